The number of amides is 1. The van der Waals surface area contributed by atoms with E-state index in [2.05, 4.69) is 15.5 Å². The molecule has 168 valence electrons. The van der Waals surface area contributed by atoms with Crippen molar-refractivity contribution in [2.75, 3.05) is 5.32 Å². The average Bonchev–Trinajstić information content (AvgIpc) is 3.22. The number of halogens is 3. The van der Waals surface area contributed by atoms with Crippen molar-refractivity contribution in [1.29, 1.82) is 0 Å². The minimum Gasteiger partial charge on any atom is -0.379 e. The molecule has 0 saturated heterocycles. The number of hydrogen-bond acceptors (Lipinski definition) is 7. The van der Waals surface area contributed by atoms with Crippen LogP contribution in [0.25, 0.3) is 10.6 Å². The lowest BCUT2D eigenvalue weighted by molar-refractivity contribution is 0.101. The maximum atomic E-state index is 13.8. The highest BCUT2D eigenvalue weighted by Gasteiger charge is 2.21. The van der Waals surface area contributed by atoms with Crippen LogP contribution in [-0.2, 0) is 10.1 Å². The number of rotatable bonds is 6. The van der Waals surface area contributed by atoms with Gasteiger partial charge in [-0.3, -0.25) is 10.1 Å². The maximum absolute atomic E-state index is 13.8. The summed E-state index contributed by atoms with van der Waals surface area (Å²) in [6.45, 7) is 0. The van der Waals surface area contributed by atoms with Gasteiger partial charge in [-0.05, 0) is 48.5 Å². The van der Waals surface area contributed by atoms with E-state index in [0.29, 0.717) is 10.6 Å². The third-order valence-electron chi connectivity index (χ3n) is 4.25. The van der Waals surface area contributed by atoms with Crippen LogP contribution in [0.1, 0.15) is 10.4 Å². The van der Waals surface area contributed by atoms with E-state index in [0.717, 1.165) is 41.7 Å². The number of benzene rings is 3. The molecule has 0 saturated carbocycles. The zero-order valence-electron chi connectivity index (χ0n) is 16.3. The van der Waals surface area contributed by atoms with E-state index in [1.165, 1.54) is 36.4 Å². The third kappa shape index (κ3) is 4.86. The second kappa shape index (κ2) is 9.00. The molecule has 0 unspecified atom stereocenters. The van der Waals surface area contributed by atoms with E-state index in [1.807, 2.05) is 0 Å². The number of nitrogens with zero attached hydrogens (tertiary/aromatic N) is 2. The maximum Gasteiger partial charge on any atom is 0.342 e. The predicted molar refractivity (Wildman–Crippen MR) is 114 cm³/mol. The fraction of sp³-hybridized carbons (Fsp3) is 0. The molecule has 7 nitrogen and oxygen atoms in total. The highest BCUT2D eigenvalue weighted by Crippen LogP contribution is 2.29. The van der Waals surface area contributed by atoms with Crippen molar-refractivity contribution >= 4 is 32.5 Å². The van der Waals surface area contributed by atoms with Gasteiger partial charge in [0.15, 0.2) is 0 Å². The van der Waals surface area contributed by atoms with Gasteiger partial charge >= 0.3 is 10.1 Å². The van der Waals surface area contributed by atoms with Crippen LogP contribution in [0.5, 0.6) is 5.75 Å². The van der Waals surface area contributed by atoms with Crippen molar-refractivity contribution in [2.45, 2.75) is 4.90 Å². The first-order valence-electron chi connectivity index (χ1n) is 9.13. The van der Waals surface area contributed by atoms with E-state index in [4.69, 9.17) is 4.18 Å². The molecule has 1 amide bonds. The summed E-state index contributed by atoms with van der Waals surface area (Å²) in [5.74, 6) is -4.05. The van der Waals surface area contributed by atoms with Gasteiger partial charge in [-0.2, -0.15) is 8.42 Å². The number of carbonyl (C=O) groups is 1. The van der Waals surface area contributed by atoms with Crippen LogP contribution in [0.3, 0.4) is 0 Å². The van der Waals surface area contributed by atoms with Gasteiger partial charge in [0.2, 0.25) is 5.13 Å². The number of hydrogen-bond donors (Lipinski definition) is 1. The molecule has 0 atom stereocenters. The fourth-order valence-electron chi connectivity index (χ4n) is 2.74. The third-order valence-corrected chi connectivity index (χ3v) is 6.42. The van der Waals surface area contributed by atoms with Crippen LogP contribution in [0.2, 0.25) is 0 Å². The van der Waals surface area contributed by atoms with E-state index < -0.39 is 43.9 Å². The van der Waals surface area contributed by atoms with E-state index in [-0.39, 0.29) is 10.9 Å². The smallest absolute Gasteiger partial charge is 0.342 e. The second-order valence-corrected chi connectivity index (χ2v) is 8.95. The van der Waals surface area contributed by atoms with Crippen molar-refractivity contribution in [3.05, 3.63) is 89.7 Å². The molecule has 12 heteroatoms. The van der Waals surface area contributed by atoms with Crippen LogP contribution in [0.4, 0.5) is 18.3 Å². The lowest BCUT2D eigenvalue weighted by atomic mass is 10.2. The molecule has 33 heavy (non-hydrogen) atoms. The molecule has 0 aliphatic rings. The minimum atomic E-state index is -4.37. The molecule has 0 bridgehead atoms. The molecule has 0 radical (unpaired) electrons. The molecular formula is C21H12F3N3O4S2. The molecular weight excluding hydrogens is 479 g/mol. The van der Waals surface area contributed by atoms with Gasteiger partial charge < -0.3 is 4.18 Å². The van der Waals surface area contributed by atoms with Crippen molar-refractivity contribution in [1.82, 2.24) is 10.2 Å². The standard InChI is InChI=1S/C21H12F3N3O4S2/c22-14-4-1-2-7-17(14)33(29,30)31-13-10-8-12(9-11-13)20-26-27-21(32-20)25-19(28)18-15(23)5-3-6-16(18)24/h1-11H,(H,25,27,28). The number of anilines is 1. The topological polar surface area (TPSA) is 98.2 Å². The second-order valence-electron chi connectivity index (χ2n) is 6.46. The molecule has 4 aromatic rings. The fourth-order valence-corrected chi connectivity index (χ4v) is 4.49. The Kier molecular flexibility index (Phi) is 6.11. The highest BCUT2D eigenvalue weighted by atomic mass is 32.2. The molecule has 0 spiro atoms. The molecule has 1 N–H and O–H groups in total. The largest absolute Gasteiger partial charge is 0.379 e. The van der Waals surface area contributed by atoms with E-state index in [9.17, 15) is 26.4 Å². The Morgan fingerprint density at radius 2 is 1.48 bits per heavy atom. The quantitative estimate of drug-likeness (QED) is 0.395. The normalized spacial score (nSPS) is 11.2. The van der Waals surface area contributed by atoms with Crippen LogP contribution in [-0.4, -0.2) is 24.5 Å². The Labute approximate surface area is 189 Å². The van der Waals surface area contributed by atoms with Crippen molar-refractivity contribution < 1.29 is 30.6 Å². The summed E-state index contributed by atoms with van der Waals surface area (Å²) in [4.78, 5) is 11.6. The van der Waals surface area contributed by atoms with Gasteiger partial charge in [-0.1, -0.05) is 29.5 Å². The highest BCUT2D eigenvalue weighted by molar-refractivity contribution is 7.87. The molecule has 1 aromatic heterocycles. The summed E-state index contributed by atoms with van der Waals surface area (Å²) >= 11 is 0.931. The molecule has 1 heterocycles. The van der Waals surface area contributed by atoms with Gasteiger partial charge in [-0.15, -0.1) is 10.2 Å². The summed E-state index contributed by atoms with van der Waals surface area (Å²) in [5.41, 5.74) is -0.243. The molecule has 0 aliphatic carbocycles. The summed E-state index contributed by atoms with van der Waals surface area (Å²) in [5, 5.41) is 10.3. The molecule has 4 rings (SSSR count). The van der Waals surface area contributed by atoms with E-state index in [1.54, 1.807) is 0 Å². The minimum absolute atomic E-state index is 0.000102. The Balaban J connectivity index is 1.48. The monoisotopic (exact) mass is 491 g/mol. The summed E-state index contributed by atoms with van der Waals surface area (Å²) in [6, 6.07) is 13.5. The van der Waals surface area contributed by atoms with Crippen LogP contribution in [0, 0.1) is 17.5 Å². The lowest BCUT2D eigenvalue weighted by Gasteiger charge is -2.08. The van der Waals surface area contributed by atoms with Gasteiger partial charge in [0, 0.05) is 5.56 Å². The first kappa shape index (κ1) is 22.4. The van der Waals surface area contributed by atoms with E-state index >= 15 is 0 Å². The van der Waals surface area contributed by atoms with Crippen molar-refractivity contribution in [2.24, 2.45) is 0 Å². The van der Waals surface area contributed by atoms with Gasteiger partial charge in [0.1, 0.15) is 38.7 Å². The lowest BCUT2D eigenvalue weighted by Crippen LogP contribution is -2.15. The summed E-state index contributed by atoms with van der Waals surface area (Å²) in [7, 11) is -4.37. The SMILES string of the molecule is O=C(Nc1nnc(-c2ccc(OS(=O)(=O)c3ccccc3F)cc2)s1)c1c(F)cccc1F. The van der Waals surface area contributed by atoms with Gasteiger partial charge in [0.05, 0.1) is 0 Å². The Bertz CT molecular complexity index is 1420. The first-order chi connectivity index (χ1) is 15.7. The summed E-state index contributed by atoms with van der Waals surface area (Å²) in [6.07, 6.45) is 0. The number of carbonyl (C=O) groups excluding carboxylic acids is 1. The van der Waals surface area contributed by atoms with Crippen LogP contribution >= 0.6 is 11.3 Å². The first-order valence-corrected chi connectivity index (χ1v) is 11.4. The predicted octanol–water partition coefficient (Wildman–Crippen LogP) is 4.64. The zero-order chi connectivity index (χ0) is 23.6. The Morgan fingerprint density at radius 1 is 0.848 bits per heavy atom. The number of nitrogens with one attached hydrogen (secondary N) is 1. The summed E-state index contributed by atoms with van der Waals surface area (Å²) < 4.78 is 70.8. The molecule has 3 aromatic carbocycles. The van der Waals surface area contributed by atoms with Crippen LogP contribution < -0.4 is 9.50 Å². The Hall–Kier alpha value is -3.77. The van der Waals surface area contributed by atoms with Gasteiger partial charge in [-0.25, -0.2) is 13.2 Å². The zero-order valence-corrected chi connectivity index (χ0v) is 18.0. The van der Waals surface area contributed by atoms with Crippen molar-refractivity contribution in [3.63, 3.8) is 0 Å². The van der Waals surface area contributed by atoms with Crippen LogP contribution in [0.15, 0.2) is 71.6 Å². The van der Waals surface area contributed by atoms with Gasteiger partial charge in [0.25, 0.3) is 5.91 Å². The molecule has 0 fully saturated rings. The Morgan fingerprint density at radius 3 is 2.15 bits per heavy atom. The van der Waals surface area contributed by atoms with Crippen molar-refractivity contribution in [3.8, 4) is 16.3 Å². The number of aromatic nitrogens is 2. The molecule has 0 aliphatic heterocycles. The average molecular weight is 491 g/mol.